The molecule has 24 heavy (non-hydrogen) atoms. The Labute approximate surface area is 142 Å². The van der Waals surface area contributed by atoms with Gasteiger partial charge in [0.15, 0.2) is 5.78 Å². The molecular formula is C18H22O5S. The smallest absolute Gasteiger partial charge is 0.298 e. The molecule has 2 saturated carbocycles. The third-order valence-corrected chi connectivity index (χ3v) is 7.00. The number of benzene rings is 1. The van der Waals surface area contributed by atoms with Crippen LogP contribution in [0.25, 0.3) is 0 Å². The molecule has 0 amide bonds. The maximum Gasteiger partial charge on any atom is 0.298 e. The van der Waals surface area contributed by atoms with Gasteiger partial charge in [0.1, 0.15) is 10.6 Å². The Bertz CT molecular complexity index is 837. The molecule has 0 heterocycles. The molecule has 0 spiro atoms. The summed E-state index contributed by atoms with van der Waals surface area (Å²) in [5.41, 5.74) is 0.620. The molecule has 2 atom stereocenters. The number of carbonyl (C=O) groups is 1. The predicted octanol–water partition coefficient (Wildman–Crippen LogP) is 3.05. The Balaban J connectivity index is 2.06. The van der Waals surface area contributed by atoms with Crippen LogP contribution in [0.3, 0.4) is 0 Å². The summed E-state index contributed by atoms with van der Waals surface area (Å²) in [6.45, 7) is 8.16. The van der Waals surface area contributed by atoms with Crippen molar-refractivity contribution < 1.29 is 22.5 Å². The number of carbonyl (C=O) groups excluding carboxylic acids is 1. The lowest BCUT2D eigenvalue weighted by Crippen LogP contribution is -2.38. The number of rotatable bonds is 4. The van der Waals surface area contributed by atoms with Crippen molar-refractivity contribution in [3.05, 3.63) is 35.9 Å². The van der Waals surface area contributed by atoms with Gasteiger partial charge in [0.05, 0.1) is 7.11 Å². The number of hydrogen-bond acceptors (Lipinski definition) is 4. The van der Waals surface area contributed by atoms with Crippen molar-refractivity contribution in [3.63, 3.8) is 0 Å². The summed E-state index contributed by atoms with van der Waals surface area (Å²) < 4.78 is 37.6. The number of allylic oxidation sites excluding steroid dienone is 1. The highest BCUT2D eigenvalue weighted by Gasteiger charge is 2.65. The summed E-state index contributed by atoms with van der Waals surface area (Å²) in [6.07, 6.45) is 2.13. The maximum absolute atomic E-state index is 12.8. The highest BCUT2D eigenvalue weighted by Crippen LogP contribution is 2.66. The number of methoxy groups -OCH3 is 1. The summed E-state index contributed by atoms with van der Waals surface area (Å²) in [5.74, 6) is 0.363. The Morgan fingerprint density at radius 1 is 1.38 bits per heavy atom. The van der Waals surface area contributed by atoms with Gasteiger partial charge in [-0.25, -0.2) is 0 Å². The SMILES string of the molecule is C=C1C(=O)C2(Cc3ccc(OC)c(S(=O)(=O)O)c3)CCC1C2(C)C. The molecule has 2 aliphatic rings. The quantitative estimate of drug-likeness (QED) is 0.667. The summed E-state index contributed by atoms with van der Waals surface area (Å²) in [6, 6.07) is 4.67. The van der Waals surface area contributed by atoms with E-state index in [1.807, 2.05) is 0 Å². The van der Waals surface area contributed by atoms with Crippen LogP contribution < -0.4 is 4.74 Å². The first-order chi connectivity index (χ1) is 11.0. The van der Waals surface area contributed by atoms with Gasteiger partial charge in [-0.05, 0) is 53.9 Å². The second kappa shape index (κ2) is 5.17. The molecule has 2 bridgehead atoms. The summed E-state index contributed by atoms with van der Waals surface area (Å²) in [7, 11) is -3.05. The lowest BCUT2D eigenvalue weighted by molar-refractivity contribution is -0.126. The van der Waals surface area contributed by atoms with E-state index in [4.69, 9.17) is 4.74 Å². The summed E-state index contributed by atoms with van der Waals surface area (Å²) in [5, 5.41) is 0. The number of ketones is 1. The molecule has 0 aliphatic heterocycles. The van der Waals surface area contributed by atoms with Crippen LogP contribution in [0, 0.1) is 16.7 Å². The molecular weight excluding hydrogens is 328 g/mol. The minimum Gasteiger partial charge on any atom is -0.495 e. The average Bonchev–Trinajstić information content (AvgIpc) is 2.82. The zero-order valence-corrected chi connectivity index (χ0v) is 14.9. The monoisotopic (exact) mass is 350 g/mol. The van der Waals surface area contributed by atoms with Crippen LogP contribution in [0.1, 0.15) is 32.3 Å². The molecule has 1 N–H and O–H groups in total. The van der Waals surface area contributed by atoms with Gasteiger partial charge in [-0.15, -0.1) is 0 Å². The van der Waals surface area contributed by atoms with E-state index in [1.54, 1.807) is 6.07 Å². The van der Waals surface area contributed by atoms with Crippen LogP contribution in [0.15, 0.2) is 35.2 Å². The number of hydrogen-bond donors (Lipinski definition) is 1. The van der Waals surface area contributed by atoms with Crippen LogP contribution in [0.4, 0.5) is 0 Å². The molecule has 1 aromatic carbocycles. The second-order valence-electron chi connectivity index (χ2n) is 7.39. The van der Waals surface area contributed by atoms with E-state index in [2.05, 4.69) is 20.4 Å². The van der Waals surface area contributed by atoms with Gasteiger partial charge >= 0.3 is 0 Å². The summed E-state index contributed by atoms with van der Waals surface area (Å²) in [4.78, 5) is 12.6. The van der Waals surface area contributed by atoms with Crippen LogP contribution in [0.2, 0.25) is 0 Å². The van der Waals surface area contributed by atoms with E-state index in [-0.39, 0.29) is 27.8 Å². The highest BCUT2D eigenvalue weighted by atomic mass is 32.2. The number of fused-ring (bicyclic) bond motifs is 2. The van der Waals surface area contributed by atoms with Crippen molar-refractivity contribution in [2.24, 2.45) is 16.7 Å². The standard InChI is InChI=1S/C18H22O5S/c1-11-13-7-8-18(16(11)19,17(13,2)3)10-12-5-6-14(23-4)15(9-12)24(20,21)22/h5-6,9,13H,1,7-8,10H2,2-4H3,(H,20,21,22). The fraction of sp³-hybridized carbons (Fsp3) is 0.500. The highest BCUT2D eigenvalue weighted by molar-refractivity contribution is 7.86. The minimum atomic E-state index is -4.40. The first-order valence-electron chi connectivity index (χ1n) is 7.92. The molecule has 0 radical (unpaired) electrons. The molecule has 3 rings (SSSR count). The zero-order valence-electron chi connectivity index (χ0n) is 14.1. The first-order valence-corrected chi connectivity index (χ1v) is 9.36. The maximum atomic E-state index is 12.8. The van der Waals surface area contributed by atoms with E-state index in [9.17, 15) is 17.8 Å². The molecule has 2 fully saturated rings. The summed E-state index contributed by atoms with van der Waals surface area (Å²) >= 11 is 0. The van der Waals surface area contributed by atoms with Crippen LogP contribution in [0.5, 0.6) is 5.75 Å². The van der Waals surface area contributed by atoms with E-state index >= 15 is 0 Å². The fourth-order valence-electron chi connectivity index (χ4n) is 4.67. The molecule has 0 saturated heterocycles. The van der Waals surface area contributed by atoms with Crippen molar-refractivity contribution in [1.29, 1.82) is 0 Å². The lowest BCUT2D eigenvalue weighted by Gasteiger charge is -2.36. The average molecular weight is 350 g/mol. The largest absolute Gasteiger partial charge is 0.495 e. The number of ether oxygens (including phenoxy) is 1. The van der Waals surface area contributed by atoms with Crippen LogP contribution in [-0.2, 0) is 21.3 Å². The van der Waals surface area contributed by atoms with Gasteiger partial charge < -0.3 is 4.74 Å². The topological polar surface area (TPSA) is 80.7 Å². The predicted molar refractivity (Wildman–Crippen MR) is 89.6 cm³/mol. The van der Waals surface area contributed by atoms with E-state index in [0.29, 0.717) is 17.6 Å². The minimum absolute atomic E-state index is 0.0875. The van der Waals surface area contributed by atoms with Crippen molar-refractivity contribution in [2.45, 2.75) is 38.0 Å². The third kappa shape index (κ3) is 2.16. The molecule has 2 unspecified atom stereocenters. The zero-order chi connectivity index (χ0) is 17.9. The number of Topliss-reactive ketones (excluding diaryl/α,β-unsaturated/α-hetero) is 1. The third-order valence-electron chi connectivity index (χ3n) is 6.12. The van der Waals surface area contributed by atoms with E-state index < -0.39 is 15.5 Å². The van der Waals surface area contributed by atoms with Crippen molar-refractivity contribution in [3.8, 4) is 5.75 Å². The van der Waals surface area contributed by atoms with Crippen molar-refractivity contribution >= 4 is 15.9 Å². The van der Waals surface area contributed by atoms with E-state index in [1.165, 1.54) is 19.2 Å². The molecule has 6 heteroatoms. The molecule has 5 nitrogen and oxygen atoms in total. The van der Waals surface area contributed by atoms with Gasteiger partial charge in [-0.1, -0.05) is 26.5 Å². The van der Waals surface area contributed by atoms with E-state index in [0.717, 1.165) is 12.8 Å². The second-order valence-corrected chi connectivity index (χ2v) is 8.78. The Morgan fingerprint density at radius 2 is 2.04 bits per heavy atom. The first kappa shape index (κ1) is 17.2. The Kier molecular flexibility index (Phi) is 3.70. The Hall–Kier alpha value is -1.66. The van der Waals surface area contributed by atoms with Gasteiger partial charge in [-0.2, -0.15) is 8.42 Å². The molecule has 130 valence electrons. The van der Waals surface area contributed by atoms with Gasteiger partial charge in [-0.3, -0.25) is 9.35 Å². The fourth-order valence-corrected chi connectivity index (χ4v) is 5.37. The van der Waals surface area contributed by atoms with Crippen molar-refractivity contribution in [2.75, 3.05) is 7.11 Å². The lowest BCUT2D eigenvalue weighted by atomic mass is 9.65. The molecule has 2 aliphatic carbocycles. The Morgan fingerprint density at radius 3 is 2.54 bits per heavy atom. The normalized spacial score (nSPS) is 28.4. The van der Waals surface area contributed by atoms with Gasteiger partial charge in [0, 0.05) is 5.41 Å². The van der Waals surface area contributed by atoms with Crippen LogP contribution >= 0.6 is 0 Å². The van der Waals surface area contributed by atoms with Gasteiger partial charge in [0.2, 0.25) is 0 Å². The van der Waals surface area contributed by atoms with Crippen LogP contribution in [-0.4, -0.2) is 25.9 Å². The molecule has 1 aromatic rings. The van der Waals surface area contributed by atoms with Gasteiger partial charge in [0.25, 0.3) is 10.1 Å². The van der Waals surface area contributed by atoms with Crippen molar-refractivity contribution in [1.82, 2.24) is 0 Å². The molecule has 0 aromatic heterocycles.